The Bertz CT molecular complexity index is 3050. The van der Waals surface area contributed by atoms with Gasteiger partial charge in [-0.2, -0.15) is 0 Å². The third-order valence-corrected chi connectivity index (χ3v) is 19.2. The molecule has 0 saturated carbocycles. The molecule has 4 aliphatic heterocycles. The van der Waals surface area contributed by atoms with Gasteiger partial charge in [-0.3, -0.25) is 57.7 Å². The molecule has 532 valence electrons. The maximum Gasteiger partial charge on any atom is 0.312 e. The number of carbonyl (C=O) groups is 11. The molecule has 5 heterocycles. The number of imide groups is 1. The van der Waals surface area contributed by atoms with Crippen molar-refractivity contribution in [2.24, 2.45) is 23.5 Å². The average molecular weight is 1370 g/mol. The van der Waals surface area contributed by atoms with Crippen LogP contribution < -0.4 is 31.7 Å². The lowest BCUT2D eigenvalue weighted by Crippen LogP contribution is -2.60. The van der Waals surface area contributed by atoms with Gasteiger partial charge in [0.05, 0.1) is 12.6 Å². The standard InChI is InChI=1S/C65H98N12O18S/c1-11-38(6)53(71-58(87)44-17-12-13-26-72(44)8)62(90)73(9)45(36(2)3)33-47(93-39(7)79)60-69-43(35-96-60)61(89)74(10)46(32-40-19-21-41(22-20-40)94-64-56(85)55(84)54(83)48(34-78)95-64)59(88)68-42(16-14-25-67-65(66)92)57(86)70-52(37(4)5)63(91)76-30-28-75(29-31-76)49(80)18-15-27-77-50(81)23-24-51(77)82/h19-24,35-38,42,44-48,52-56,64,78,83-85H,11-18,25-34H2,1-10H3,(H,68,88)(H,70,86)(H,71,87)(H3,66,67,92)/t38-,42?,44?,45+,46-,47+,48?,52-,53?,54?,55?,56?,64?/m0/s1. The highest BCUT2D eigenvalue weighted by Gasteiger charge is 2.45. The van der Waals surface area contributed by atoms with Gasteiger partial charge in [-0.05, 0) is 81.1 Å². The van der Waals surface area contributed by atoms with Crippen molar-refractivity contribution in [1.29, 1.82) is 0 Å². The van der Waals surface area contributed by atoms with E-state index in [1.807, 2.05) is 39.6 Å². The number of thiazole rings is 1. The summed E-state index contributed by atoms with van der Waals surface area (Å²) in [5.41, 5.74) is 5.62. The number of nitrogens with zero attached hydrogens (tertiary/aromatic N) is 7. The summed E-state index contributed by atoms with van der Waals surface area (Å²) < 4.78 is 17.2. The zero-order chi connectivity index (χ0) is 70.8. The van der Waals surface area contributed by atoms with Gasteiger partial charge in [0.1, 0.15) is 65.0 Å². The molecule has 4 aliphatic rings. The lowest BCUT2D eigenvalue weighted by molar-refractivity contribution is -0.277. The van der Waals surface area contributed by atoms with Crippen LogP contribution >= 0.6 is 11.3 Å². The van der Waals surface area contributed by atoms with Crippen molar-refractivity contribution in [3.8, 4) is 5.75 Å². The molecule has 3 fully saturated rings. The first-order valence-electron chi connectivity index (χ1n) is 32.9. The number of likely N-dealkylation sites (N-methyl/N-ethyl adjacent to an activating group) is 3. The number of esters is 1. The molecule has 3 saturated heterocycles. The van der Waals surface area contributed by atoms with E-state index in [1.165, 1.54) is 60.7 Å². The Morgan fingerprint density at radius 1 is 0.812 bits per heavy atom. The van der Waals surface area contributed by atoms with Crippen LogP contribution in [0.1, 0.15) is 133 Å². The predicted octanol–water partition coefficient (Wildman–Crippen LogP) is -0.0523. The molecule has 0 aliphatic carbocycles. The van der Waals surface area contributed by atoms with Gasteiger partial charge in [-0.25, -0.2) is 9.78 Å². The fourth-order valence-electron chi connectivity index (χ4n) is 12.1. The third kappa shape index (κ3) is 20.7. The Morgan fingerprint density at radius 3 is 2.06 bits per heavy atom. The molecule has 2 aromatic rings. The molecule has 1 aromatic carbocycles. The highest BCUT2D eigenvalue weighted by atomic mass is 32.1. The summed E-state index contributed by atoms with van der Waals surface area (Å²) in [4.78, 5) is 163. The van der Waals surface area contributed by atoms with E-state index in [1.54, 1.807) is 30.7 Å². The lowest BCUT2D eigenvalue weighted by atomic mass is 9.92. The molecule has 0 bridgehead atoms. The summed E-state index contributed by atoms with van der Waals surface area (Å²) in [6, 6.07) is -0.670. The average Bonchev–Trinajstić information content (AvgIpc) is 1.15. The summed E-state index contributed by atoms with van der Waals surface area (Å²) in [7, 11) is 4.89. The van der Waals surface area contributed by atoms with Crippen LogP contribution in [-0.2, 0) is 59.0 Å². The van der Waals surface area contributed by atoms with Gasteiger partial charge in [-0.1, -0.05) is 66.5 Å². The number of carbonyl (C=O) groups excluding carboxylic acids is 11. The van der Waals surface area contributed by atoms with E-state index in [0.29, 0.717) is 18.4 Å². The molecule has 13 atom stereocenters. The second kappa shape index (κ2) is 36.1. The van der Waals surface area contributed by atoms with Crippen molar-refractivity contribution in [2.45, 2.75) is 186 Å². The molecule has 0 radical (unpaired) electrons. The van der Waals surface area contributed by atoms with Crippen LogP contribution in [0.25, 0.3) is 0 Å². The molecular formula is C65H98N12O18S. The zero-order valence-corrected chi connectivity index (χ0v) is 57.4. The van der Waals surface area contributed by atoms with Crippen LogP contribution in [0.5, 0.6) is 5.75 Å². The largest absolute Gasteiger partial charge is 0.462 e. The van der Waals surface area contributed by atoms with E-state index >= 15 is 4.79 Å². The number of rotatable bonds is 32. The Balaban J connectivity index is 1.24. The van der Waals surface area contributed by atoms with Gasteiger partial charge >= 0.3 is 12.0 Å². The summed E-state index contributed by atoms with van der Waals surface area (Å²) >= 11 is 1.01. The van der Waals surface area contributed by atoms with Gasteiger partial charge in [0.15, 0.2) is 6.10 Å². The number of hydrogen-bond donors (Lipinski definition) is 9. The molecular weight excluding hydrogens is 1270 g/mol. The molecule has 10 N–H and O–H groups in total. The normalized spacial score (nSPS) is 22.1. The summed E-state index contributed by atoms with van der Waals surface area (Å²) in [5.74, 6) is -6.06. The minimum absolute atomic E-state index is 0.0181. The first kappa shape index (κ1) is 77.3. The predicted molar refractivity (Wildman–Crippen MR) is 348 cm³/mol. The monoisotopic (exact) mass is 1370 g/mol. The van der Waals surface area contributed by atoms with Crippen molar-refractivity contribution in [2.75, 3.05) is 73.6 Å². The quantitative estimate of drug-likeness (QED) is 0.0263. The second-order valence-electron chi connectivity index (χ2n) is 25.8. The maximum atomic E-state index is 15.1. The van der Waals surface area contributed by atoms with E-state index in [-0.39, 0.29) is 130 Å². The van der Waals surface area contributed by atoms with E-state index in [0.717, 1.165) is 40.5 Å². The van der Waals surface area contributed by atoms with Crippen LogP contribution in [-0.4, -0.2) is 260 Å². The maximum absolute atomic E-state index is 15.1. The van der Waals surface area contributed by atoms with Crippen LogP contribution in [0.15, 0.2) is 41.8 Å². The molecule has 11 amide bonds. The number of hydrogen-bond acceptors (Lipinski definition) is 21. The number of urea groups is 1. The fraction of sp³-hybridized carbons (Fsp3) is 0.662. The zero-order valence-electron chi connectivity index (χ0n) is 56.6. The van der Waals surface area contributed by atoms with Crippen molar-refractivity contribution in [3.05, 3.63) is 58.1 Å². The number of aliphatic hydroxyl groups is 4. The van der Waals surface area contributed by atoms with Crippen LogP contribution in [0.3, 0.4) is 0 Å². The first-order valence-corrected chi connectivity index (χ1v) is 33.8. The van der Waals surface area contributed by atoms with E-state index in [2.05, 4.69) is 26.3 Å². The van der Waals surface area contributed by atoms with Crippen molar-refractivity contribution in [3.63, 3.8) is 0 Å². The molecule has 30 nitrogen and oxygen atoms in total. The molecule has 96 heavy (non-hydrogen) atoms. The Morgan fingerprint density at radius 2 is 1.47 bits per heavy atom. The number of benzene rings is 1. The highest BCUT2D eigenvalue weighted by Crippen LogP contribution is 2.32. The fourth-order valence-corrected chi connectivity index (χ4v) is 12.9. The SMILES string of the molecule is CC[C@H](C)C(NC(=O)C1CCCCN1C)C(=O)N(C)[C@H](C[C@@H](OC(C)=O)c1nc(C(=O)N(C)[C@@H](Cc2ccc(OC3OC(CO)C(O)C(O)C3O)cc2)C(=O)NC(CCCNC(N)=O)C(=O)N[C@H](C(=O)N2CCN(C(=O)CCCN3C(=O)C=CC3=O)CC2)C(C)C)cs1)C(C)C. The van der Waals surface area contributed by atoms with Crippen LogP contribution in [0.4, 0.5) is 4.79 Å². The van der Waals surface area contributed by atoms with Gasteiger partial charge in [0.2, 0.25) is 41.7 Å². The third-order valence-electron chi connectivity index (χ3n) is 18.2. The number of primary amides is 1. The number of piperazine rings is 1. The number of aliphatic hydroxyl groups excluding tert-OH is 4. The number of likely N-dealkylation sites (tertiary alicyclic amines) is 1. The van der Waals surface area contributed by atoms with E-state index < -0.39 is 127 Å². The number of piperidine rings is 1. The molecule has 0 spiro atoms. The Kier molecular flexibility index (Phi) is 29.0. The number of nitrogens with two attached hydrogens (primary N) is 1. The van der Waals surface area contributed by atoms with Gasteiger partial charge in [0, 0.05) is 103 Å². The first-order chi connectivity index (χ1) is 45.5. The lowest BCUT2D eigenvalue weighted by Gasteiger charge is -2.39. The second-order valence-corrected chi connectivity index (χ2v) is 26.7. The molecule has 31 heteroatoms. The van der Waals surface area contributed by atoms with Gasteiger partial charge in [-0.15, -0.1) is 11.3 Å². The molecule has 1 aromatic heterocycles. The topological polar surface area (TPSA) is 403 Å². The summed E-state index contributed by atoms with van der Waals surface area (Å²) in [6.45, 7) is 13.0. The smallest absolute Gasteiger partial charge is 0.312 e. The Hall–Kier alpha value is -7.68. The molecule has 6 rings (SSSR count). The van der Waals surface area contributed by atoms with Crippen molar-refractivity contribution < 1.29 is 87.4 Å². The minimum Gasteiger partial charge on any atom is -0.462 e. The highest BCUT2D eigenvalue weighted by molar-refractivity contribution is 7.09. The summed E-state index contributed by atoms with van der Waals surface area (Å²) in [6.07, 6.45) is -3.40. The number of nitrogens with one attached hydrogen (secondary N) is 4. The van der Waals surface area contributed by atoms with Crippen molar-refractivity contribution >= 4 is 76.5 Å². The summed E-state index contributed by atoms with van der Waals surface area (Å²) in [5, 5.41) is 53.9. The van der Waals surface area contributed by atoms with Crippen LogP contribution in [0, 0.1) is 17.8 Å². The number of aromatic nitrogens is 1. The van der Waals surface area contributed by atoms with Crippen LogP contribution in [0.2, 0.25) is 0 Å². The minimum atomic E-state index is -1.72. The van der Waals surface area contributed by atoms with Gasteiger partial charge < -0.3 is 81.2 Å². The van der Waals surface area contributed by atoms with E-state index in [9.17, 15) is 68.4 Å². The number of ether oxygens (including phenoxy) is 3. The Labute approximate surface area is 563 Å². The molecule has 8 unspecified atom stereocenters. The number of amides is 11. The van der Waals surface area contributed by atoms with Gasteiger partial charge in [0.25, 0.3) is 17.7 Å². The van der Waals surface area contributed by atoms with E-state index in [4.69, 9.17) is 19.9 Å². The van der Waals surface area contributed by atoms with Crippen molar-refractivity contribution in [1.82, 2.24) is 55.7 Å².